The van der Waals surface area contributed by atoms with Gasteiger partial charge in [0.25, 0.3) is 0 Å². The van der Waals surface area contributed by atoms with Crippen LogP contribution in [0, 0.1) is 11.2 Å². The molecule has 2 N–H and O–H groups in total. The number of likely N-dealkylation sites (tertiary alicyclic amines) is 1. The van der Waals surface area contributed by atoms with Gasteiger partial charge in [-0.25, -0.2) is 14.2 Å². The van der Waals surface area contributed by atoms with E-state index in [1.807, 2.05) is 13.8 Å². The molecule has 9 heteroatoms. The minimum absolute atomic E-state index is 0.00224. The van der Waals surface area contributed by atoms with E-state index >= 15 is 0 Å². The molecule has 0 atom stereocenters. The Hall–Kier alpha value is -3.98. The van der Waals surface area contributed by atoms with Gasteiger partial charge in [0.15, 0.2) is 0 Å². The van der Waals surface area contributed by atoms with Crippen molar-refractivity contribution in [3.05, 3.63) is 71.7 Å². The van der Waals surface area contributed by atoms with E-state index in [1.165, 1.54) is 35.4 Å². The van der Waals surface area contributed by atoms with E-state index in [9.17, 15) is 19.1 Å². The highest BCUT2D eigenvalue weighted by Crippen LogP contribution is 2.42. The van der Waals surface area contributed by atoms with Crippen molar-refractivity contribution >= 4 is 17.7 Å². The van der Waals surface area contributed by atoms with Crippen LogP contribution in [0.2, 0.25) is 0 Å². The van der Waals surface area contributed by atoms with Gasteiger partial charge in [0, 0.05) is 43.0 Å². The average Bonchev–Trinajstić information content (AvgIpc) is 3.27. The fourth-order valence-electron chi connectivity index (χ4n) is 5.92. The molecule has 5 rings (SSSR count). The quantitative estimate of drug-likeness (QED) is 0.420. The molecular formula is C31H35FN3O5+. The Bertz CT molecular complexity index is 1360. The van der Waals surface area contributed by atoms with Gasteiger partial charge in [0.05, 0.1) is 37.4 Å². The molecule has 0 unspecified atom stereocenters. The van der Waals surface area contributed by atoms with E-state index in [1.54, 1.807) is 17.0 Å². The minimum atomic E-state index is -1.03. The van der Waals surface area contributed by atoms with Crippen molar-refractivity contribution in [2.75, 3.05) is 37.7 Å². The number of hydrogen-bond donors (Lipinski definition) is 2. The van der Waals surface area contributed by atoms with Crippen LogP contribution < -0.4 is 19.3 Å². The molecule has 0 aliphatic carbocycles. The summed E-state index contributed by atoms with van der Waals surface area (Å²) < 4.78 is 25.7. The number of aromatic nitrogens is 1. The Morgan fingerprint density at radius 3 is 2.30 bits per heavy atom. The fourth-order valence-corrected chi connectivity index (χ4v) is 5.92. The lowest BCUT2D eigenvalue weighted by atomic mass is 9.77. The van der Waals surface area contributed by atoms with Crippen LogP contribution in [0.5, 0.6) is 11.5 Å². The van der Waals surface area contributed by atoms with E-state index in [-0.39, 0.29) is 22.7 Å². The van der Waals surface area contributed by atoms with Crippen LogP contribution in [0.1, 0.15) is 49.0 Å². The summed E-state index contributed by atoms with van der Waals surface area (Å²) in [4.78, 5) is 31.7. The number of carboxylic acids is 1. The third-order valence-corrected chi connectivity index (χ3v) is 7.92. The van der Waals surface area contributed by atoms with Crippen molar-refractivity contribution in [2.24, 2.45) is 5.41 Å². The number of piperidine rings is 1. The smallest absolute Gasteiger partial charge is 0.335 e. The lowest BCUT2D eigenvalue weighted by Crippen LogP contribution is -3.12. The molecule has 1 amide bonds. The first-order valence-electron chi connectivity index (χ1n) is 13.8. The first-order chi connectivity index (χ1) is 19.3. The van der Waals surface area contributed by atoms with Gasteiger partial charge in [-0.2, -0.15) is 0 Å². The average molecular weight is 549 g/mol. The van der Waals surface area contributed by atoms with E-state index in [4.69, 9.17) is 9.47 Å². The summed E-state index contributed by atoms with van der Waals surface area (Å²) >= 11 is 0. The first-order valence-corrected chi connectivity index (χ1v) is 13.8. The molecule has 3 heterocycles. The number of nitrogens with one attached hydrogen (secondary N) is 1. The van der Waals surface area contributed by atoms with Crippen LogP contribution in [0.3, 0.4) is 0 Å². The zero-order valence-electron chi connectivity index (χ0n) is 22.9. The van der Waals surface area contributed by atoms with Crippen LogP contribution in [0.4, 0.5) is 10.2 Å². The zero-order valence-corrected chi connectivity index (χ0v) is 22.9. The largest absolute Gasteiger partial charge is 0.493 e. The Kier molecular flexibility index (Phi) is 8.02. The van der Waals surface area contributed by atoms with Gasteiger partial charge < -0.3 is 19.5 Å². The second kappa shape index (κ2) is 11.6. The number of benzene rings is 2. The summed E-state index contributed by atoms with van der Waals surface area (Å²) in [6.07, 6.45) is 3.69. The predicted molar refractivity (Wildman–Crippen MR) is 148 cm³/mol. The highest BCUT2D eigenvalue weighted by molar-refractivity contribution is 5.97. The summed E-state index contributed by atoms with van der Waals surface area (Å²) in [6, 6.07) is 13.4. The number of ether oxygens (including phenoxy) is 2. The molecule has 1 spiro atoms. The number of hydrogen-bond acceptors (Lipinski definition) is 5. The molecule has 0 saturated carbocycles. The van der Waals surface area contributed by atoms with E-state index < -0.39 is 5.97 Å². The molecule has 2 aliphatic rings. The maximum atomic E-state index is 13.6. The van der Waals surface area contributed by atoms with Gasteiger partial charge in [-0.15, -0.1) is 0 Å². The molecule has 210 valence electrons. The summed E-state index contributed by atoms with van der Waals surface area (Å²) in [6.45, 7) is 8.06. The summed E-state index contributed by atoms with van der Waals surface area (Å²) in [5.41, 5.74) is 2.76. The number of carboxylic acid groups (broad SMARTS) is 1. The van der Waals surface area contributed by atoms with E-state index in [2.05, 4.69) is 17.1 Å². The zero-order chi connectivity index (χ0) is 28.3. The van der Waals surface area contributed by atoms with Crippen molar-refractivity contribution in [1.82, 2.24) is 4.98 Å². The number of rotatable bonds is 9. The molecule has 0 bridgehead atoms. The highest BCUT2D eigenvalue weighted by atomic mass is 19.1. The third-order valence-electron chi connectivity index (χ3n) is 7.92. The standard InChI is InChI=1S/C31H34FN3O5/c1-3-39-25-15-21(16-26(40-4-2)29(25)22-5-7-24(32)8-6-22)19-34-13-10-31(11-14-34)18-28(36)35(20-31)27-17-23(30(37)38)9-12-33-27/h5-9,12,15-17H,3-4,10-11,13-14,18-20H2,1-2H3,(H,37,38)/p+1. The Balaban J connectivity index is 1.30. The number of aromatic carboxylic acids is 1. The van der Waals surface area contributed by atoms with Crippen molar-refractivity contribution in [3.8, 4) is 22.6 Å². The van der Waals surface area contributed by atoms with Crippen LogP contribution in [-0.4, -0.2) is 54.8 Å². The van der Waals surface area contributed by atoms with Crippen LogP contribution in [-0.2, 0) is 11.3 Å². The number of pyridine rings is 1. The number of quaternary nitrogens is 1. The molecule has 3 aromatic rings. The van der Waals surface area contributed by atoms with Gasteiger partial charge in [-0.1, -0.05) is 12.1 Å². The maximum absolute atomic E-state index is 13.6. The number of halogens is 1. The topological polar surface area (TPSA) is 93.4 Å². The monoisotopic (exact) mass is 548 g/mol. The molecule has 1 aromatic heterocycles. The molecule has 2 saturated heterocycles. The minimum Gasteiger partial charge on any atom is -0.493 e. The van der Waals surface area contributed by atoms with Crippen LogP contribution in [0.15, 0.2) is 54.7 Å². The molecule has 8 nitrogen and oxygen atoms in total. The lowest BCUT2D eigenvalue weighted by Gasteiger charge is -2.36. The SMILES string of the molecule is CCOc1cc(C[NH+]2CCC3(CC2)CC(=O)N(c2cc(C(=O)O)ccn2)C3)cc(OCC)c1-c1ccc(F)cc1. The van der Waals surface area contributed by atoms with Gasteiger partial charge in [-0.05, 0) is 55.8 Å². The molecule has 40 heavy (non-hydrogen) atoms. The highest BCUT2D eigenvalue weighted by Gasteiger charge is 2.47. The first kappa shape index (κ1) is 27.6. The number of amides is 1. The van der Waals surface area contributed by atoms with Crippen molar-refractivity contribution in [1.29, 1.82) is 0 Å². The molecule has 0 radical (unpaired) electrons. The van der Waals surface area contributed by atoms with Gasteiger partial charge >= 0.3 is 5.97 Å². The second-order valence-corrected chi connectivity index (χ2v) is 10.6. The fraction of sp³-hybridized carbons (Fsp3) is 0.387. The van der Waals surface area contributed by atoms with E-state index in [0.29, 0.717) is 32.0 Å². The third kappa shape index (κ3) is 5.79. The van der Waals surface area contributed by atoms with Gasteiger partial charge in [-0.3, -0.25) is 9.69 Å². The number of anilines is 1. The number of carbonyl (C=O) groups is 2. The molecule has 2 fully saturated rings. The number of nitrogens with zero attached hydrogens (tertiary/aromatic N) is 2. The molecule has 2 aromatic carbocycles. The lowest BCUT2D eigenvalue weighted by molar-refractivity contribution is -0.921. The van der Waals surface area contributed by atoms with E-state index in [0.717, 1.165) is 60.7 Å². The summed E-state index contributed by atoms with van der Waals surface area (Å²) in [7, 11) is 0. The normalized spacial score (nSPS) is 20.6. The Morgan fingerprint density at radius 1 is 1.05 bits per heavy atom. The maximum Gasteiger partial charge on any atom is 0.335 e. The van der Waals surface area contributed by atoms with Crippen molar-refractivity contribution in [3.63, 3.8) is 0 Å². The van der Waals surface area contributed by atoms with Crippen LogP contribution in [0.25, 0.3) is 11.1 Å². The van der Waals surface area contributed by atoms with Crippen molar-refractivity contribution in [2.45, 2.75) is 39.7 Å². The second-order valence-electron chi connectivity index (χ2n) is 10.6. The molecular weight excluding hydrogens is 513 g/mol. The Labute approximate surface area is 233 Å². The number of carbonyl (C=O) groups excluding carboxylic acids is 1. The van der Waals surface area contributed by atoms with Gasteiger partial charge in [0.2, 0.25) is 5.91 Å². The van der Waals surface area contributed by atoms with Crippen molar-refractivity contribution < 1.29 is 33.5 Å². The summed E-state index contributed by atoms with van der Waals surface area (Å²) in [5.74, 6) is 0.516. The molecule has 2 aliphatic heterocycles. The summed E-state index contributed by atoms with van der Waals surface area (Å²) in [5, 5.41) is 9.32. The van der Waals surface area contributed by atoms with Crippen LogP contribution >= 0.6 is 0 Å². The van der Waals surface area contributed by atoms with Gasteiger partial charge in [0.1, 0.15) is 29.7 Å². The Morgan fingerprint density at radius 2 is 1.70 bits per heavy atom. The predicted octanol–water partition coefficient (Wildman–Crippen LogP) is 3.99.